The zero-order chi connectivity index (χ0) is 62.0. The Morgan fingerprint density at radius 3 is 0.884 bits per heavy atom. The lowest BCUT2D eigenvalue weighted by Crippen LogP contribution is -2.45. The van der Waals surface area contributed by atoms with Gasteiger partial charge in [0, 0.05) is 12.8 Å². The quantitative estimate of drug-likeness (QED) is 0.0320. The molecule has 510 valence electrons. The molecule has 6 nitrogen and oxygen atoms in total. The monoisotopic (exact) mass is 1210 g/mol. The lowest BCUT2D eigenvalue weighted by molar-refractivity contribution is -0.143. The Morgan fingerprint density at radius 1 is 0.326 bits per heavy atom. The van der Waals surface area contributed by atoms with Gasteiger partial charge in [0.1, 0.15) is 0 Å². The second kappa shape index (κ2) is 75.8. The molecule has 0 heterocycles. The minimum absolute atomic E-state index is 0.0247. The van der Waals surface area contributed by atoms with Crippen molar-refractivity contribution >= 4 is 11.9 Å². The van der Waals surface area contributed by atoms with Gasteiger partial charge in [0.15, 0.2) is 0 Å². The molecule has 86 heavy (non-hydrogen) atoms. The van der Waals surface area contributed by atoms with E-state index in [1.165, 1.54) is 372 Å². The fourth-order valence-electron chi connectivity index (χ4n) is 12.7. The molecule has 0 rings (SSSR count). The number of aliphatic hydroxyl groups excluding tert-OH is 2. The number of ether oxygens (including phenoxy) is 1. The molecule has 2 unspecified atom stereocenters. The third-order valence-electron chi connectivity index (χ3n) is 18.8. The van der Waals surface area contributed by atoms with Crippen LogP contribution in [0.2, 0.25) is 0 Å². The molecular weight excluding hydrogens is 1050 g/mol. The van der Waals surface area contributed by atoms with Crippen LogP contribution < -0.4 is 5.32 Å². The van der Waals surface area contributed by atoms with Crippen LogP contribution in [0.4, 0.5) is 0 Å². The number of carbonyl (C=O) groups excluding carboxylic acids is 2. The van der Waals surface area contributed by atoms with Gasteiger partial charge in [-0.15, -0.1) is 0 Å². The van der Waals surface area contributed by atoms with Crippen molar-refractivity contribution in [2.75, 3.05) is 13.2 Å². The predicted molar refractivity (Wildman–Crippen MR) is 380 cm³/mol. The van der Waals surface area contributed by atoms with E-state index >= 15 is 0 Å². The first-order valence-electron chi connectivity index (χ1n) is 39.6. The van der Waals surface area contributed by atoms with Gasteiger partial charge in [-0.3, -0.25) is 9.59 Å². The molecule has 0 aliphatic rings. The van der Waals surface area contributed by atoms with Crippen LogP contribution in [-0.4, -0.2) is 47.4 Å². The number of hydrogen-bond acceptors (Lipinski definition) is 5. The Morgan fingerprint density at radius 2 is 0.581 bits per heavy atom. The molecular formula is C80H155NO5. The fourth-order valence-corrected chi connectivity index (χ4v) is 12.7. The molecule has 0 saturated carbocycles. The SMILES string of the molecule is CCCCCCCCCCCCCCCCCCC(=O)OCCCCCCCCCCCCCCCCC/C=C\C/C=C\CCCCCCCCCCCCCCCCCCCC(=O)NC(CO)C(O)CCCCCCCCCCCCCCCC. The van der Waals surface area contributed by atoms with Gasteiger partial charge in [0.05, 0.1) is 25.4 Å². The number of hydrogen-bond donors (Lipinski definition) is 3. The highest BCUT2D eigenvalue weighted by atomic mass is 16.5. The van der Waals surface area contributed by atoms with Gasteiger partial charge >= 0.3 is 5.97 Å². The molecule has 1 amide bonds. The van der Waals surface area contributed by atoms with Crippen molar-refractivity contribution in [3.8, 4) is 0 Å². The van der Waals surface area contributed by atoms with Crippen LogP contribution in [0.3, 0.4) is 0 Å². The highest BCUT2D eigenvalue weighted by Gasteiger charge is 2.20. The number of rotatable bonds is 75. The predicted octanol–water partition coefficient (Wildman–Crippen LogP) is 26.0. The number of aliphatic hydroxyl groups is 2. The van der Waals surface area contributed by atoms with Crippen molar-refractivity contribution in [3.63, 3.8) is 0 Å². The molecule has 0 bridgehead atoms. The van der Waals surface area contributed by atoms with E-state index in [2.05, 4.69) is 43.5 Å². The van der Waals surface area contributed by atoms with E-state index in [0.717, 1.165) is 44.9 Å². The molecule has 0 radical (unpaired) electrons. The topological polar surface area (TPSA) is 95.9 Å². The minimum atomic E-state index is -0.661. The summed E-state index contributed by atoms with van der Waals surface area (Å²) in [4.78, 5) is 24.6. The van der Waals surface area contributed by atoms with E-state index in [0.29, 0.717) is 25.9 Å². The second-order valence-electron chi connectivity index (χ2n) is 27.4. The van der Waals surface area contributed by atoms with Gasteiger partial charge in [-0.05, 0) is 57.8 Å². The van der Waals surface area contributed by atoms with Crippen molar-refractivity contribution in [1.82, 2.24) is 5.32 Å². The number of esters is 1. The maximum Gasteiger partial charge on any atom is 0.305 e. The average Bonchev–Trinajstić information content (AvgIpc) is 3.51. The summed E-state index contributed by atoms with van der Waals surface area (Å²) in [6, 6.07) is -0.538. The summed E-state index contributed by atoms with van der Waals surface area (Å²) in [5.74, 6) is -0.00413. The smallest absolute Gasteiger partial charge is 0.305 e. The summed E-state index contributed by atoms with van der Waals surface area (Å²) in [6.45, 7) is 5.00. The molecule has 0 saturated heterocycles. The Hall–Kier alpha value is -1.66. The molecule has 0 fully saturated rings. The Bertz CT molecular complexity index is 1350. The standard InChI is InChI=1S/C80H155NO5/c1-3-5-7-9-11-13-15-17-19-46-50-54-58-62-66-70-74-80(85)86-75-71-67-63-59-55-51-47-44-42-40-38-36-34-32-30-28-26-24-22-20-21-23-25-27-29-31-33-35-37-39-41-43-45-49-53-57-61-65-69-73-79(84)81-77(76-82)78(83)72-68-64-60-56-52-48-18-16-14-12-10-8-6-4-2/h20-21,24,26,77-78,82-83H,3-19,22-23,25,27-76H2,1-2H3,(H,81,84)/b21-20-,26-24-. The van der Waals surface area contributed by atoms with Gasteiger partial charge in [0.2, 0.25) is 5.91 Å². The Kier molecular flexibility index (Phi) is 74.3. The fraction of sp³-hybridized carbons (Fsp3) is 0.925. The van der Waals surface area contributed by atoms with Gasteiger partial charge in [-0.25, -0.2) is 0 Å². The molecule has 2 atom stereocenters. The zero-order valence-corrected chi connectivity index (χ0v) is 58.6. The highest BCUT2D eigenvalue weighted by molar-refractivity contribution is 5.76. The third kappa shape index (κ3) is 71.4. The van der Waals surface area contributed by atoms with Crippen molar-refractivity contribution < 1.29 is 24.5 Å². The molecule has 0 aliphatic carbocycles. The van der Waals surface area contributed by atoms with E-state index in [4.69, 9.17) is 4.74 Å². The molecule has 0 aromatic heterocycles. The lowest BCUT2D eigenvalue weighted by Gasteiger charge is -2.22. The van der Waals surface area contributed by atoms with Crippen LogP contribution in [0.15, 0.2) is 24.3 Å². The van der Waals surface area contributed by atoms with Crippen LogP contribution in [0.25, 0.3) is 0 Å². The van der Waals surface area contributed by atoms with Crippen molar-refractivity contribution in [2.45, 2.75) is 463 Å². The number of amides is 1. The number of unbranched alkanes of at least 4 members (excludes halogenated alkanes) is 60. The molecule has 0 aromatic carbocycles. The minimum Gasteiger partial charge on any atom is -0.466 e. The number of allylic oxidation sites excluding steroid dienone is 4. The maximum atomic E-state index is 12.5. The van der Waals surface area contributed by atoms with Crippen LogP contribution in [0.1, 0.15) is 450 Å². The highest BCUT2D eigenvalue weighted by Crippen LogP contribution is 2.20. The summed E-state index contributed by atoms with van der Waals surface area (Å²) in [5, 5.41) is 23.3. The first-order chi connectivity index (χ1) is 42.5. The van der Waals surface area contributed by atoms with Crippen LogP contribution in [0.5, 0.6) is 0 Å². The zero-order valence-electron chi connectivity index (χ0n) is 58.6. The normalized spacial score (nSPS) is 12.6. The van der Waals surface area contributed by atoms with E-state index in [-0.39, 0.29) is 18.5 Å². The Labute approximate surface area is 539 Å². The molecule has 0 aromatic rings. The summed E-state index contributed by atoms with van der Waals surface area (Å²) < 4.78 is 5.51. The number of nitrogens with one attached hydrogen (secondary N) is 1. The first-order valence-corrected chi connectivity index (χ1v) is 39.6. The van der Waals surface area contributed by atoms with Crippen molar-refractivity contribution in [1.29, 1.82) is 0 Å². The maximum absolute atomic E-state index is 12.5. The summed E-state index contributed by atoms with van der Waals surface area (Å²) in [7, 11) is 0. The van der Waals surface area contributed by atoms with Crippen LogP contribution >= 0.6 is 0 Å². The van der Waals surface area contributed by atoms with Gasteiger partial charge < -0.3 is 20.3 Å². The van der Waals surface area contributed by atoms with Gasteiger partial charge in [-0.2, -0.15) is 0 Å². The molecule has 6 heteroatoms. The average molecular weight is 1210 g/mol. The molecule has 0 spiro atoms. The largest absolute Gasteiger partial charge is 0.466 e. The Balaban J connectivity index is 3.33. The van der Waals surface area contributed by atoms with E-state index < -0.39 is 12.1 Å². The van der Waals surface area contributed by atoms with Crippen LogP contribution in [-0.2, 0) is 14.3 Å². The second-order valence-corrected chi connectivity index (χ2v) is 27.4. The van der Waals surface area contributed by atoms with Gasteiger partial charge in [-0.1, -0.05) is 404 Å². The molecule has 3 N–H and O–H groups in total. The molecule has 0 aliphatic heterocycles. The van der Waals surface area contributed by atoms with E-state index in [1.54, 1.807) is 0 Å². The van der Waals surface area contributed by atoms with E-state index in [9.17, 15) is 19.8 Å². The third-order valence-corrected chi connectivity index (χ3v) is 18.8. The number of carbonyl (C=O) groups is 2. The van der Waals surface area contributed by atoms with Crippen molar-refractivity contribution in [2.24, 2.45) is 0 Å². The summed E-state index contributed by atoms with van der Waals surface area (Å²) >= 11 is 0. The lowest BCUT2D eigenvalue weighted by atomic mass is 10.0. The first kappa shape index (κ1) is 84.3. The summed E-state index contributed by atoms with van der Waals surface area (Å²) in [6.07, 6.45) is 97.1. The van der Waals surface area contributed by atoms with Gasteiger partial charge in [0.25, 0.3) is 0 Å². The van der Waals surface area contributed by atoms with E-state index in [1.807, 2.05) is 0 Å². The van der Waals surface area contributed by atoms with Crippen molar-refractivity contribution in [3.05, 3.63) is 24.3 Å². The van der Waals surface area contributed by atoms with Crippen LogP contribution in [0, 0.1) is 0 Å². The summed E-state index contributed by atoms with van der Waals surface area (Å²) in [5.41, 5.74) is 0.